The highest BCUT2D eigenvalue weighted by Crippen LogP contribution is 2.29. The molecule has 28 heavy (non-hydrogen) atoms. The lowest BCUT2D eigenvalue weighted by Gasteiger charge is -2.35. The minimum absolute atomic E-state index is 0.390. The number of hydrogen-bond donors (Lipinski definition) is 2. The lowest BCUT2D eigenvalue weighted by molar-refractivity contribution is 0.143. The molecular formula is C22H36N4OS. The topological polar surface area (TPSA) is 48.9 Å². The van der Waals surface area contributed by atoms with Crippen LogP contribution in [-0.2, 0) is 4.74 Å². The van der Waals surface area contributed by atoms with Gasteiger partial charge in [0.25, 0.3) is 0 Å². The molecule has 1 fully saturated rings. The summed E-state index contributed by atoms with van der Waals surface area (Å²) < 4.78 is 5.39. The fourth-order valence-electron chi connectivity index (χ4n) is 3.86. The average molecular weight is 405 g/mol. The Bertz CT molecular complexity index is 620. The van der Waals surface area contributed by atoms with Crippen molar-refractivity contribution in [2.24, 2.45) is 10.9 Å². The first-order valence-corrected chi connectivity index (χ1v) is 11.7. The molecule has 0 spiro atoms. The normalized spacial score (nSPS) is 20.6. The maximum Gasteiger partial charge on any atom is 0.191 e. The van der Waals surface area contributed by atoms with Crippen LogP contribution in [0.3, 0.4) is 0 Å². The molecule has 1 saturated heterocycles. The molecule has 2 aliphatic rings. The van der Waals surface area contributed by atoms with Gasteiger partial charge in [-0.3, -0.25) is 9.89 Å². The molecule has 1 aromatic heterocycles. The van der Waals surface area contributed by atoms with E-state index < -0.39 is 0 Å². The Morgan fingerprint density at radius 3 is 2.89 bits per heavy atom. The van der Waals surface area contributed by atoms with Gasteiger partial charge in [0.15, 0.2) is 5.96 Å². The fraction of sp³-hybridized carbons (Fsp3) is 0.682. The van der Waals surface area contributed by atoms with E-state index in [2.05, 4.69) is 53.0 Å². The molecule has 0 radical (unpaired) electrons. The molecule has 0 bridgehead atoms. The molecule has 6 heteroatoms. The Hall–Kier alpha value is -1.37. The van der Waals surface area contributed by atoms with Crippen molar-refractivity contribution in [1.82, 2.24) is 15.5 Å². The van der Waals surface area contributed by atoms with Crippen LogP contribution < -0.4 is 10.6 Å². The minimum Gasteiger partial charge on any atom is -0.377 e. The molecule has 2 aliphatic heterocycles. The summed E-state index contributed by atoms with van der Waals surface area (Å²) in [7, 11) is 0. The van der Waals surface area contributed by atoms with Gasteiger partial charge in [-0.25, -0.2) is 0 Å². The maximum atomic E-state index is 5.39. The number of nitrogens with one attached hydrogen (secondary N) is 2. The van der Waals surface area contributed by atoms with Gasteiger partial charge in [-0.15, -0.1) is 11.3 Å². The van der Waals surface area contributed by atoms with Crippen LogP contribution in [0.5, 0.6) is 0 Å². The zero-order chi connectivity index (χ0) is 19.6. The van der Waals surface area contributed by atoms with Crippen LogP contribution in [0.4, 0.5) is 0 Å². The van der Waals surface area contributed by atoms with E-state index in [-0.39, 0.29) is 0 Å². The van der Waals surface area contributed by atoms with Gasteiger partial charge in [-0.2, -0.15) is 0 Å². The summed E-state index contributed by atoms with van der Waals surface area (Å²) in [6.07, 6.45) is 6.93. The van der Waals surface area contributed by atoms with Crippen molar-refractivity contribution in [2.75, 3.05) is 45.9 Å². The second-order valence-corrected chi connectivity index (χ2v) is 8.81. The SMILES string of the molecule is CCNC(=NCC(c1cccs1)N1CCC(C)CC1)NCCC1=CCOCC1. The first-order valence-electron chi connectivity index (χ1n) is 10.8. The molecule has 3 rings (SSSR count). The first-order chi connectivity index (χ1) is 13.8. The largest absolute Gasteiger partial charge is 0.377 e. The summed E-state index contributed by atoms with van der Waals surface area (Å²) in [5.41, 5.74) is 1.49. The Labute approximate surface area is 174 Å². The number of piperidine rings is 1. The fourth-order valence-corrected chi connectivity index (χ4v) is 4.71. The number of nitrogens with zero attached hydrogens (tertiary/aromatic N) is 2. The quantitative estimate of drug-likeness (QED) is 0.393. The molecule has 5 nitrogen and oxygen atoms in total. The van der Waals surface area contributed by atoms with Crippen molar-refractivity contribution in [3.8, 4) is 0 Å². The number of guanidine groups is 1. The Balaban J connectivity index is 1.58. The van der Waals surface area contributed by atoms with Crippen LogP contribution in [0.25, 0.3) is 0 Å². The van der Waals surface area contributed by atoms with Gasteiger partial charge < -0.3 is 15.4 Å². The van der Waals surface area contributed by atoms with Gasteiger partial charge in [0.05, 0.1) is 25.8 Å². The smallest absolute Gasteiger partial charge is 0.191 e. The van der Waals surface area contributed by atoms with Gasteiger partial charge in [-0.05, 0) is 63.1 Å². The Morgan fingerprint density at radius 1 is 1.36 bits per heavy atom. The Morgan fingerprint density at radius 2 is 2.21 bits per heavy atom. The maximum absolute atomic E-state index is 5.39. The molecule has 3 heterocycles. The van der Waals surface area contributed by atoms with Crippen molar-refractivity contribution in [1.29, 1.82) is 0 Å². The summed E-state index contributed by atoms with van der Waals surface area (Å²) in [6, 6.07) is 4.82. The predicted octanol–water partition coefficient (Wildman–Crippen LogP) is 3.81. The predicted molar refractivity (Wildman–Crippen MR) is 119 cm³/mol. The molecule has 1 atom stereocenters. The zero-order valence-electron chi connectivity index (χ0n) is 17.5. The zero-order valence-corrected chi connectivity index (χ0v) is 18.3. The number of hydrogen-bond acceptors (Lipinski definition) is 4. The standard InChI is InChI=1S/C22H36N4OS/c1-3-23-22(24-11-6-19-9-14-27-15-10-19)25-17-20(21-5-4-16-28-21)26-12-7-18(2)8-13-26/h4-5,9,16,18,20H,3,6-8,10-15,17H2,1-2H3,(H2,23,24,25). The van der Waals surface area contributed by atoms with Crippen LogP contribution in [0.2, 0.25) is 0 Å². The average Bonchev–Trinajstić information content (AvgIpc) is 3.25. The van der Waals surface area contributed by atoms with E-state index in [1.807, 2.05) is 11.3 Å². The van der Waals surface area contributed by atoms with Crippen LogP contribution in [0.15, 0.2) is 34.2 Å². The van der Waals surface area contributed by atoms with Crippen molar-refractivity contribution in [3.63, 3.8) is 0 Å². The van der Waals surface area contributed by atoms with Crippen LogP contribution in [0, 0.1) is 5.92 Å². The van der Waals surface area contributed by atoms with E-state index in [0.29, 0.717) is 6.04 Å². The molecule has 0 aliphatic carbocycles. The van der Waals surface area contributed by atoms with Gasteiger partial charge in [0.2, 0.25) is 0 Å². The molecule has 1 unspecified atom stereocenters. The van der Waals surface area contributed by atoms with Crippen LogP contribution in [-0.4, -0.2) is 56.8 Å². The second-order valence-electron chi connectivity index (χ2n) is 7.83. The monoisotopic (exact) mass is 404 g/mol. The molecule has 2 N–H and O–H groups in total. The summed E-state index contributed by atoms with van der Waals surface area (Å²) >= 11 is 1.86. The van der Waals surface area contributed by atoms with E-state index in [1.165, 1.54) is 36.4 Å². The third-order valence-electron chi connectivity index (χ3n) is 5.69. The van der Waals surface area contributed by atoms with Crippen molar-refractivity contribution < 1.29 is 4.74 Å². The van der Waals surface area contributed by atoms with Crippen molar-refractivity contribution in [3.05, 3.63) is 34.0 Å². The van der Waals surface area contributed by atoms with Gasteiger partial charge in [0, 0.05) is 18.0 Å². The number of ether oxygens (including phenoxy) is 1. The molecule has 1 aromatic rings. The van der Waals surface area contributed by atoms with Crippen molar-refractivity contribution >= 4 is 17.3 Å². The van der Waals surface area contributed by atoms with Crippen LogP contribution >= 0.6 is 11.3 Å². The third kappa shape index (κ3) is 6.61. The molecule has 0 aromatic carbocycles. The van der Waals surface area contributed by atoms with Crippen LogP contribution in [0.1, 0.15) is 50.4 Å². The Kier molecular flexibility index (Phi) is 8.83. The van der Waals surface area contributed by atoms with E-state index >= 15 is 0 Å². The van der Waals surface area contributed by atoms with Gasteiger partial charge >= 0.3 is 0 Å². The van der Waals surface area contributed by atoms with E-state index in [9.17, 15) is 0 Å². The number of rotatable bonds is 8. The van der Waals surface area contributed by atoms with E-state index in [0.717, 1.165) is 57.6 Å². The first kappa shape index (κ1) is 21.3. The summed E-state index contributed by atoms with van der Waals surface area (Å²) in [6.45, 7) is 11.1. The molecular weight excluding hydrogens is 368 g/mol. The third-order valence-corrected chi connectivity index (χ3v) is 6.67. The minimum atomic E-state index is 0.390. The lowest BCUT2D eigenvalue weighted by atomic mass is 9.97. The second kappa shape index (κ2) is 11.6. The lowest BCUT2D eigenvalue weighted by Crippen LogP contribution is -2.40. The van der Waals surface area contributed by atoms with E-state index in [4.69, 9.17) is 9.73 Å². The summed E-state index contributed by atoms with van der Waals surface area (Å²) in [5.74, 6) is 1.78. The number of aliphatic imine (C=N–C) groups is 1. The highest BCUT2D eigenvalue weighted by Gasteiger charge is 2.25. The van der Waals surface area contributed by atoms with E-state index in [1.54, 1.807) is 0 Å². The highest BCUT2D eigenvalue weighted by atomic mass is 32.1. The van der Waals surface area contributed by atoms with Gasteiger partial charge in [0.1, 0.15) is 0 Å². The number of thiophene rings is 1. The molecule has 0 amide bonds. The molecule has 0 saturated carbocycles. The molecule has 156 valence electrons. The van der Waals surface area contributed by atoms with Gasteiger partial charge in [-0.1, -0.05) is 24.6 Å². The summed E-state index contributed by atoms with van der Waals surface area (Å²) in [5, 5.41) is 9.12. The number of likely N-dealkylation sites (tertiary alicyclic amines) is 1. The summed E-state index contributed by atoms with van der Waals surface area (Å²) in [4.78, 5) is 9.02. The van der Waals surface area contributed by atoms with Crippen molar-refractivity contribution in [2.45, 2.75) is 45.6 Å². The highest BCUT2D eigenvalue weighted by molar-refractivity contribution is 7.10.